The fourth-order valence-electron chi connectivity index (χ4n) is 2.50. The number of aryl methyl sites for hydroxylation is 1. The van der Waals surface area contributed by atoms with Gasteiger partial charge in [-0.15, -0.1) is 11.3 Å². The van der Waals surface area contributed by atoms with Crippen LogP contribution in [0.25, 0.3) is 0 Å². The minimum atomic E-state index is -1.98. The van der Waals surface area contributed by atoms with Crippen LogP contribution in [0.4, 0.5) is 5.69 Å². The summed E-state index contributed by atoms with van der Waals surface area (Å²) in [6, 6.07) is 6.44. The number of anilines is 1. The van der Waals surface area contributed by atoms with Crippen molar-refractivity contribution >= 4 is 51.9 Å². The van der Waals surface area contributed by atoms with Gasteiger partial charge in [0.1, 0.15) is 0 Å². The van der Waals surface area contributed by atoms with E-state index in [9.17, 15) is 14.7 Å². The number of carbonyl (C=O) groups is 2. The average Bonchev–Trinajstić information content (AvgIpc) is 2.93. The van der Waals surface area contributed by atoms with Gasteiger partial charge in [-0.3, -0.25) is 9.59 Å². The topological polar surface area (TPSA) is 66.4 Å². The minimum Gasteiger partial charge on any atom is -0.375 e. The molecule has 1 aromatic carbocycles. The van der Waals surface area contributed by atoms with Crippen molar-refractivity contribution in [1.82, 2.24) is 0 Å². The molecule has 0 spiro atoms. The third-order valence-electron chi connectivity index (χ3n) is 3.52. The predicted molar refractivity (Wildman–Crippen MR) is 87.0 cm³/mol. The first-order valence-electron chi connectivity index (χ1n) is 6.44. The van der Waals surface area contributed by atoms with E-state index >= 15 is 0 Å². The molecule has 0 unspecified atom stereocenters. The zero-order valence-corrected chi connectivity index (χ0v) is 13.8. The van der Waals surface area contributed by atoms with Crippen LogP contribution < -0.4 is 5.32 Å². The summed E-state index contributed by atoms with van der Waals surface area (Å²) in [5, 5.41) is 13.8. The molecule has 0 saturated heterocycles. The normalized spacial score (nSPS) is 19.9. The van der Waals surface area contributed by atoms with Crippen LogP contribution in [0.3, 0.4) is 0 Å². The van der Waals surface area contributed by atoms with E-state index in [-0.39, 0.29) is 22.8 Å². The smallest absolute Gasteiger partial charge is 0.261 e. The molecule has 0 fully saturated rings. The van der Waals surface area contributed by atoms with Gasteiger partial charge < -0.3 is 10.4 Å². The number of hydrogen-bond acceptors (Lipinski definition) is 4. The highest BCUT2D eigenvalue weighted by Gasteiger charge is 2.48. The lowest BCUT2D eigenvalue weighted by atomic mass is 9.89. The molecule has 1 atom stereocenters. The lowest BCUT2D eigenvalue weighted by molar-refractivity contribution is -0.133. The first-order valence-corrected chi connectivity index (χ1v) is 8.01. The van der Waals surface area contributed by atoms with Crippen molar-refractivity contribution in [2.24, 2.45) is 0 Å². The molecule has 0 aliphatic carbocycles. The highest BCUT2D eigenvalue weighted by atomic mass is 35.5. The quantitative estimate of drug-likeness (QED) is 0.823. The summed E-state index contributed by atoms with van der Waals surface area (Å²) >= 11 is 13.3. The standard InChI is InChI=1S/C15H11Cl2NO3S/c1-7-2-3-12(22-7)11(19)6-15(21)13-9(17)4-8(16)5-10(13)18-14(15)20/h2-5,21H,6H2,1H3,(H,18,20)/t15-/m0/s1. The van der Waals surface area contributed by atoms with Crippen molar-refractivity contribution in [1.29, 1.82) is 0 Å². The van der Waals surface area contributed by atoms with Gasteiger partial charge in [-0.05, 0) is 31.2 Å². The van der Waals surface area contributed by atoms with E-state index < -0.39 is 11.5 Å². The van der Waals surface area contributed by atoms with Crippen LogP contribution >= 0.6 is 34.5 Å². The van der Waals surface area contributed by atoms with Crippen LogP contribution in [0.5, 0.6) is 0 Å². The molecule has 2 aromatic rings. The van der Waals surface area contributed by atoms with Crippen LogP contribution in [0, 0.1) is 6.92 Å². The van der Waals surface area contributed by atoms with Crippen molar-refractivity contribution in [2.75, 3.05) is 5.32 Å². The Morgan fingerprint density at radius 1 is 1.36 bits per heavy atom. The number of thiophene rings is 1. The van der Waals surface area contributed by atoms with E-state index in [1.54, 1.807) is 6.07 Å². The number of carbonyl (C=O) groups excluding carboxylic acids is 2. The number of ketones is 1. The Hall–Kier alpha value is -1.40. The van der Waals surface area contributed by atoms with Crippen LogP contribution in [-0.2, 0) is 10.4 Å². The van der Waals surface area contributed by atoms with Crippen LogP contribution in [0.15, 0.2) is 24.3 Å². The number of aliphatic hydroxyl groups is 1. The van der Waals surface area contributed by atoms with E-state index in [2.05, 4.69) is 5.32 Å². The third kappa shape index (κ3) is 2.44. The van der Waals surface area contributed by atoms with E-state index in [0.29, 0.717) is 15.6 Å². The number of amides is 1. The summed E-state index contributed by atoms with van der Waals surface area (Å²) in [7, 11) is 0. The fraction of sp³-hybridized carbons (Fsp3) is 0.200. The van der Waals surface area contributed by atoms with Crippen LogP contribution in [0.2, 0.25) is 10.0 Å². The molecule has 0 radical (unpaired) electrons. The molecule has 22 heavy (non-hydrogen) atoms. The average molecular weight is 356 g/mol. The number of rotatable bonds is 3. The van der Waals surface area contributed by atoms with Crippen LogP contribution in [-0.4, -0.2) is 16.8 Å². The largest absolute Gasteiger partial charge is 0.375 e. The van der Waals surface area contributed by atoms with Gasteiger partial charge in [0.05, 0.1) is 22.0 Å². The van der Waals surface area contributed by atoms with Crippen molar-refractivity contribution in [3.63, 3.8) is 0 Å². The molecule has 0 saturated carbocycles. The fourth-order valence-corrected chi connectivity index (χ4v) is 3.96. The monoisotopic (exact) mass is 355 g/mol. The highest BCUT2D eigenvalue weighted by molar-refractivity contribution is 7.14. The SMILES string of the molecule is Cc1ccc(C(=O)C[C@@]2(O)C(=O)Nc3cc(Cl)cc(Cl)c32)s1. The van der Waals surface area contributed by atoms with Crippen LogP contribution in [0.1, 0.15) is 26.5 Å². The zero-order chi connectivity index (χ0) is 16.1. The summed E-state index contributed by atoms with van der Waals surface area (Å²) in [6.07, 6.45) is -0.368. The van der Waals surface area contributed by atoms with E-state index in [0.717, 1.165) is 4.88 Å². The molecule has 3 rings (SSSR count). The molecule has 0 bridgehead atoms. The number of fused-ring (bicyclic) bond motifs is 1. The van der Waals surface area contributed by atoms with Gasteiger partial charge in [0.25, 0.3) is 5.91 Å². The Morgan fingerprint density at radius 2 is 2.09 bits per heavy atom. The van der Waals surface area contributed by atoms with E-state index in [1.807, 2.05) is 13.0 Å². The van der Waals surface area contributed by atoms with Crippen molar-refractivity contribution < 1.29 is 14.7 Å². The predicted octanol–water partition coefficient (Wildman–Crippen LogP) is 3.78. The Kier molecular flexibility index (Phi) is 3.77. The van der Waals surface area contributed by atoms with E-state index in [4.69, 9.17) is 23.2 Å². The molecule has 7 heteroatoms. The lowest BCUT2D eigenvalue weighted by Crippen LogP contribution is -2.36. The summed E-state index contributed by atoms with van der Waals surface area (Å²) in [5.41, 5.74) is -1.45. The molecule has 1 aromatic heterocycles. The van der Waals surface area contributed by atoms with Gasteiger partial charge in [-0.1, -0.05) is 23.2 Å². The molecule has 114 valence electrons. The molecular weight excluding hydrogens is 345 g/mol. The first kappa shape index (κ1) is 15.5. The lowest BCUT2D eigenvalue weighted by Gasteiger charge is -2.20. The maximum absolute atomic E-state index is 12.4. The van der Waals surface area contributed by atoms with Gasteiger partial charge in [-0.25, -0.2) is 0 Å². The van der Waals surface area contributed by atoms with Crippen molar-refractivity contribution in [3.8, 4) is 0 Å². The molecule has 1 amide bonds. The number of halogens is 2. The maximum Gasteiger partial charge on any atom is 0.261 e. The van der Waals surface area contributed by atoms with Gasteiger partial charge >= 0.3 is 0 Å². The molecule has 2 heterocycles. The van der Waals surface area contributed by atoms with E-state index in [1.165, 1.54) is 23.5 Å². The molecule has 4 nitrogen and oxygen atoms in total. The summed E-state index contributed by atoms with van der Waals surface area (Å²) in [6.45, 7) is 1.88. The van der Waals surface area contributed by atoms with Gasteiger partial charge in [-0.2, -0.15) is 0 Å². The second kappa shape index (κ2) is 5.35. The minimum absolute atomic E-state index is 0.151. The number of nitrogens with one attached hydrogen (secondary N) is 1. The summed E-state index contributed by atoms with van der Waals surface area (Å²) in [5.74, 6) is -0.983. The Bertz CT molecular complexity index is 802. The Labute approximate surface area is 140 Å². The zero-order valence-electron chi connectivity index (χ0n) is 11.4. The molecular formula is C15H11Cl2NO3S. The second-order valence-corrected chi connectivity index (χ2v) is 7.27. The van der Waals surface area contributed by atoms with Crippen molar-refractivity contribution in [3.05, 3.63) is 49.6 Å². The highest BCUT2D eigenvalue weighted by Crippen LogP contribution is 2.44. The Morgan fingerprint density at radius 3 is 2.73 bits per heavy atom. The van der Waals surface area contributed by atoms with Crippen molar-refractivity contribution in [2.45, 2.75) is 18.9 Å². The number of hydrogen-bond donors (Lipinski definition) is 2. The molecule has 2 N–H and O–H groups in total. The van der Waals surface area contributed by atoms with Gasteiger partial charge in [0, 0.05) is 15.5 Å². The van der Waals surface area contributed by atoms with Gasteiger partial charge in [0.2, 0.25) is 0 Å². The second-order valence-electron chi connectivity index (χ2n) is 5.13. The number of benzene rings is 1. The number of Topliss-reactive ketones (excluding diaryl/α,β-unsaturated/α-hetero) is 1. The molecule has 1 aliphatic heterocycles. The molecule has 1 aliphatic rings. The third-order valence-corrected chi connectivity index (χ3v) is 5.08. The Balaban J connectivity index is 2.00. The maximum atomic E-state index is 12.4. The first-order chi connectivity index (χ1) is 10.3. The summed E-state index contributed by atoms with van der Waals surface area (Å²) < 4.78 is 0. The summed E-state index contributed by atoms with van der Waals surface area (Å²) in [4.78, 5) is 26.0. The van der Waals surface area contributed by atoms with Gasteiger partial charge in [0.15, 0.2) is 11.4 Å².